The van der Waals surface area contributed by atoms with E-state index in [-0.39, 0.29) is 0 Å². The molecule has 138 valence electrons. The Hall–Kier alpha value is -2.37. The summed E-state index contributed by atoms with van der Waals surface area (Å²) in [7, 11) is 0. The molecule has 1 heteroatoms. The fourth-order valence-corrected chi connectivity index (χ4v) is 4.00. The summed E-state index contributed by atoms with van der Waals surface area (Å²) in [5.74, 6) is 0. The van der Waals surface area contributed by atoms with Gasteiger partial charge in [-0.1, -0.05) is 70.8 Å². The maximum Gasteiger partial charge on any atom is -0.0253 e. The van der Waals surface area contributed by atoms with Crippen molar-refractivity contribution in [3.63, 3.8) is 0 Å². The third kappa shape index (κ3) is 4.31. The third-order valence-corrected chi connectivity index (χ3v) is 5.23. The zero-order chi connectivity index (χ0) is 20.1. The van der Waals surface area contributed by atoms with E-state index in [2.05, 4.69) is 88.6 Å². The van der Waals surface area contributed by atoms with Gasteiger partial charge in [0.15, 0.2) is 0 Å². The van der Waals surface area contributed by atoms with Crippen LogP contribution in [0.4, 0.5) is 0 Å². The Morgan fingerprint density at radius 2 is 1.00 bits per heavy atom. The van der Waals surface area contributed by atoms with E-state index in [4.69, 9.17) is 0 Å². The second kappa shape index (κ2) is 9.42. The maximum absolute atomic E-state index is 3.30. The molecule has 0 N–H and O–H groups in total. The summed E-state index contributed by atoms with van der Waals surface area (Å²) in [6.45, 7) is 2.04. The molecular weight excluding hydrogens is 428 g/mol. The van der Waals surface area contributed by atoms with Crippen molar-refractivity contribution in [1.29, 1.82) is 0 Å². The van der Waals surface area contributed by atoms with Crippen LogP contribution in [-0.4, -0.2) is 3.71 Å². The van der Waals surface area contributed by atoms with Gasteiger partial charge in [0.2, 0.25) is 0 Å². The van der Waals surface area contributed by atoms with E-state index < -0.39 is 0 Å². The van der Waals surface area contributed by atoms with Crippen LogP contribution in [0, 0.1) is 12.1 Å². The molecule has 2 aliphatic rings. The van der Waals surface area contributed by atoms with Crippen molar-refractivity contribution >= 4 is 3.71 Å². The van der Waals surface area contributed by atoms with Crippen LogP contribution < -0.4 is 0 Å². The molecule has 0 heterocycles. The molecule has 0 unspecified atom stereocenters. The quantitative estimate of drug-likeness (QED) is 0.233. The number of fused-ring (bicyclic) bond motifs is 6. The fourth-order valence-electron chi connectivity index (χ4n) is 4.00. The van der Waals surface area contributed by atoms with E-state index in [9.17, 15) is 0 Å². The van der Waals surface area contributed by atoms with Gasteiger partial charge in [0.05, 0.1) is 0 Å². The van der Waals surface area contributed by atoms with Gasteiger partial charge in [-0.25, -0.2) is 0 Å². The first-order chi connectivity index (χ1) is 14.3. The number of hydrogen-bond donors (Lipinski definition) is 0. The van der Waals surface area contributed by atoms with Gasteiger partial charge in [0.1, 0.15) is 0 Å². The van der Waals surface area contributed by atoms with Crippen LogP contribution in [0.25, 0.3) is 22.3 Å². The average Bonchev–Trinajstić information content (AvgIpc) is 3.33. The molecule has 0 nitrogen and oxygen atoms in total. The van der Waals surface area contributed by atoms with Crippen LogP contribution in [0.5, 0.6) is 0 Å². The molecule has 0 atom stereocenters. The summed E-state index contributed by atoms with van der Waals surface area (Å²) in [6.07, 6.45) is 2.10. The first-order valence-electron chi connectivity index (χ1n) is 9.92. The number of hydrogen-bond acceptors (Lipinski definition) is 0. The Balaban J connectivity index is 0.000000125. The molecule has 0 saturated heterocycles. The van der Waals surface area contributed by atoms with Crippen LogP contribution in [-0.2, 0) is 37.1 Å². The van der Waals surface area contributed by atoms with E-state index >= 15 is 0 Å². The standard InChI is InChI=1S/2C13H9.C2H4.Zr/c2*1-3-7-12-10(5-1)9-11-6-2-4-8-13(11)12;1-2;/h2*1-5,7-8H,9H2;1H,2H3;/q2*-1;;+2. The van der Waals surface area contributed by atoms with Crippen LogP contribution in [0.3, 0.4) is 0 Å². The van der Waals surface area contributed by atoms with Crippen molar-refractivity contribution in [2.75, 3.05) is 0 Å². The summed E-state index contributed by atoms with van der Waals surface area (Å²) < 4.78 is 2.09. The van der Waals surface area contributed by atoms with Crippen molar-refractivity contribution in [3.05, 3.63) is 119 Å². The van der Waals surface area contributed by atoms with Crippen molar-refractivity contribution in [2.24, 2.45) is 0 Å². The topological polar surface area (TPSA) is 0 Å². The average molecular weight is 450 g/mol. The molecule has 0 fully saturated rings. The normalized spacial score (nSPS) is 11.6. The van der Waals surface area contributed by atoms with E-state index in [1.54, 1.807) is 0 Å². The van der Waals surface area contributed by atoms with Crippen LogP contribution in [0.1, 0.15) is 29.2 Å². The second-order valence-electron chi connectivity index (χ2n) is 7.08. The zero-order valence-electron chi connectivity index (χ0n) is 16.6. The minimum Gasteiger partial charge on any atom is -0.179 e. The summed E-state index contributed by atoms with van der Waals surface area (Å²) >= 11 is 1.51. The van der Waals surface area contributed by atoms with Gasteiger partial charge in [-0.15, -0.1) is 11.1 Å². The molecule has 0 aliphatic heterocycles. The molecule has 0 saturated carbocycles. The van der Waals surface area contributed by atoms with Crippen molar-refractivity contribution in [1.82, 2.24) is 0 Å². The van der Waals surface area contributed by atoms with Crippen molar-refractivity contribution < 1.29 is 24.2 Å². The van der Waals surface area contributed by atoms with Crippen molar-refractivity contribution in [3.8, 4) is 22.3 Å². The Morgan fingerprint density at radius 1 is 0.621 bits per heavy atom. The Bertz CT molecular complexity index is 964. The fraction of sp³-hybridized carbons (Fsp3) is 0.107. The van der Waals surface area contributed by atoms with Crippen LogP contribution in [0.15, 0.2) is 84.9 Å². The molecule has 0 radical (unpaired) electrons. The van der Waals surface area contributed by atoms with Crippen LogP contribution in [0.2, 0.25) is 0 Å². The SMILES string of the molecule is C[CH]=[Zr+2].[c-]1cccc2c1Cc1ccccc1-2.[c-]1cccc2c1Cc1ccccc1-2. The van der Waals surface area contributed by atoms with Gasteiger partial charge >= 0.3 is 34.9 Å². The first-order valence-corrected chi connectivity index (χ1v) is 11.3. The molecule has 0 amide bonds. The molecule has 0 bridgehead atoms. The molecule has 6 rings (SSSR count). The predicted octanol–water partition coefficient (Wildman–Crippen LogP) is 6.47. The molecular formula is C28H22Zr. The van der Waals surface area contributed by atoms with Crippen molar-refractivity contribution in [2.45, 2.75) is 19.8 Å². The number of benzene rings is 4. The minimum atomic E-state index is 1.05. The van der Waals surface area contributed by atoms with Gasteiger partial charge < -0.3 is 0 Å². The Kier molecular flexibility index (Phi) is 6.47. The van der Waals surface area contributed by atoms with Gasteiger partial charge in [0.25, 0.3) is 0 Å². The number of rotatable bonds is 0. The monoisotopic (exact) mass is 448 g/mol. The maximum atomic E-state index is 3.30. The smallest absolute Gasteiger partial charge is 0.0253 e. The third-order valence-electron chi connectivity index (χ3n) is 5.23. The molecule has 0 aromatic heterocycles. The van der Waals surface area contributed by atoms with Gasteiger partial charge in [0, 0.05) is 0 Å². The minimum absolute atomic E-state index is 1.05. The second-order valence-corrected chi connectivity index (χ2v) is 8.50. The molecule has 4 aromatic rings. The van der Waals surface area contributed by atoms with Gasteiger partial charge in [-0.05, 0) is 12.8 Å². The molecule has 4 aromatic carbocycles. The predicted molar refractivity (Wildman–Crippen MR) is 119 cm³/mol. The largest absolute Gasteiger partial charge is 0.179 e. The summed E-state index contributed by atoms with van der Waals surface area (Å²) in [5, 5.41) is 0. The van der Waals surface area contributed by atoms with Crippen LogP contribution >= 0.6 is 0 Å². The summed E-state index contributed by atoms with van der Waals surface area (Å²) in [5.41, 5.74) is 11.0. The van der Waals surface area contributed by atoms with Gasteiger partial charge in [-0.2, -0.15) is 59.7 Å². The van der Waals surface area contributed by atoms with Gasteiger partial charge in [-0.3, -0.25) is 0 Å². The molecule has 2 aliphatic carbocycles. The van der Waals surface area contributed by atoms with E-state index in [0.717, 1.165) is 12.8 Å². The zero-order valence-corrected chi connectivity index (χ0v) is 19.0. The van der Waals surface area contributed by atoms with E-state index in [1.165, 1.54) is 68.7 Å². The molecule has 29 heavy (non-hydrogen) atoms. The Morgan fingerprint density at radius 3 is 1.45 bits per heavy atom. The Labute approximate surface area is 188 Å². The summed E-state index contributed by atoms with van der Waals surface area (Å²) in [6, 6.07) is 36.2. The van der Waals surface area contributed by atoms with E-state index in [0.29, 0.717) is 0 Å². The first kappa shape index (κ1) is 19.9. The molecule has 0 spiro atoms. The van der Waals surface area contributed by atoms with E-state index in [1.807, 2.05) is 19.1 Å². The summed E-state index contributed by atoms with van der Waals surface area (Å²) in [4.78, 5) is 0.